The first-order chi connectivity index (χ1) is 33.0. The molecule has 0 unspecified atom stereocenters. The Kier molecular flexibility index (Phi) is 22.7. The van der Waals surface area contributed by atoms with E-state index in [1.807, 2.05) is 32.9 Å². The number of aliphatic carboxylic acids is 2. The minimum absolute atomic E-state index is 0.113. The Labute approximate surface area is 407 Å². The molecule has 1 aliphatic rings. The number of likely N-dealkylation sites (tertiary alicyclic amines) is 1. The highest BCUT2D eigenvalue weighted by Gasteiger charge is 2.41. The SMILES string of the molecule is Cc1ccccc1NC(=O)Nc1ccc(CC(=O)N[C@@H](CC(C)C)C(=O)N[C@@H](CC(=O)O)C(=O)N[C@H](C(=O)N2CCC[C@H]2C(=O)N[C@@H](C)C(=O)N[C@@H](C)C(=O)N[C@@H](CCCCN)C(=O)O)C(C)C)cc1. The van der Waals surface area contributed by atoms with Crippen LogP contribution in [0.15, 0.2) is 48.5 Å². The lowest BCUT2D eigenvalue weighted by Crippen LogP contribution is -2.60. The zero-order valence-electron chi connectivity index (χ0n) is 40.9. The Balaban J connectivity index is 1.63. The fourth-order valence-electron chi connectivity index (χ4n) is 7.57. The van der Waals surface area contributed by atoms with Crippen LogP contribution >= 0.6 is 0 Å². The summed E-state index contributed by atoms with van der Waals surface area (Å²) < 4.78 is 0. The van der Waals surface area contributed by atoms with E-state index in [1.165, 1.54) is 18.7 Å². The number of hydrogen-bond acceptors (Lipinski definition) is 11. The van der Waals surface area contributed by atoms with Gasteiger partial charge in [0.25, 0.3) is 0 Å². The van der Waals surface area contributed by atoms with Crippen LogP contribution in [-0.2, 0) is 49.6 Å². The van der Waals surface area contributed by atoms with E-state index in [1.54, 1.807) is 50.2 Å². The number of para-hydroxylation sites is 1. The van der Waals surface area contributed by atoms with Gasteiger partial charge in [-0.25, -0.2) is 9.59 Å². The molecule has 12 N–H and O–H groups in total. The molecule has 22 nitrogen and oxygen atoms in total. The molecule has 0 radical (unpaired) electrons. The third kappa shape index (κ3) is 18.4. The zero-order chi connectivity index (χ0) is 52.2. The third-order valence-electron chi connectivity index (χ3n) is 11.5. The summed E-state index contributed by atoms with van der Waals surface area (Å²) in [4.78, 5) is 132. The number of hydrogen-bond donors (Lipinski definition) is 11. The van der Waals surface area contributed by atoms with Crippen molar-refractivity contribution in [3.8, 4) is 0 Å². The lowest BCUT2D eigenvalue weighted by Gasteiger charge is -2.32. The van der Waals surface area contributed by atoms with Gasteiger partial charge in [0.1, 0.15) is 42.3 Å². The van der Waals surface area contributed by atoms with E-state index < -0.39 is 114 Å². The van der Waals surface area contributed by atoms with Crippen LogP contribution in [0.4, 0.5) is 16.2 Å². The van der Waals surface area contributed by atoms with E-state index in [9.17, 15) is 58.2 Å². The molecule has 3 rings (SSSR count). The highest BCUT2D eigenvalue weighted by Crippen LogP contribution is 2.21. The van der Waals surface area contributed by atoms with Gasteiger partial charge in [-0.2, -0.15) is 0 Å². The molecular weight excluding hydrogens is 909 g/mol. The molecule has 22 heteroatoms. The Bertz CT molecular complexity index is 2190. The lowest BCUT2D eigenvalue weighted by atomic mass is 10.00. The monoisotopic (exact) mass is 979 g/mol. The van der Waals surface area contributed by atoms with Gasteiger partial charge in [-0.1, -0.05) is 58.0 Å². The van der Waals surface area contributed by atoms with E-state index in [4.69, 9.17) is 5.73 Å². The molecule has 7 atom stereocenters. The number of nitrogens with two attached hydrogens (primary N) is 1. The maximum Gasteiger partial charge on any atom is 0.326 e. The van der Waals surface area contributed by atoms with Crippen molar-refractivity contribution in [2.24, 2.45) is 17.6 Å². The van der Waals surface area contributed by atoms with Crippen molar-refractivity contribution in [1.82, 2.24) is 36.8 Å². The summed E-state index contributed by atoms with van der Waals surface area (Å²) in [6.07, 6.45) is 0.882. The van der Waals surface area contributed by atoms with Gasteiger partial charge in [0.05, 0.1) is 12.8 Å². The fourth-order valence-corrected chi connectivity index (χ4v) is 7.57. The summed E-state index contributed by atoms with van der Waals surface area (Å²) >= 11 is 0. The number of carbonyl (C=O) groups is 10. The molecule has 1 fully saturated rings. The molecule has 0 saturated carbocycles. The molecule has 2 aromatic rings. The smallest absolute Gasteiger partial charge is 0.326 e. The van der Waals surface area contributed by atoms with Crippen LogP contribution in [0.25, 0.3) is 0 Å². The molecule has 1 aliphatic heterocycles. The highest BCUT2D eigenvalue weighted by atomic mass is 16.4. The molecule has 384 valence electrons. The highest BCUT2D eigenvalue weighted by molar-refractivity contribution is 6.01. The van der Waals surface area contributed by atoms with E-state index >= 15 is 0 Å². The van der Waals surface area contributed by atoms with Crippen molar-refractivity contribution in [1.29, 1.82) is 0 Å². The molecule has 1 heterocycles. The molecule has 2 aromatic carbocycles. The van der Waals surface area contributed by atoms with Crippen LogP contribution in [0.1, 0.15) is 97.6 Å². The van der Waals surface area contributed by atoms with Gasteiger partial charge in [0.2, 0.25) is 41.4 Å². The Morgan fingerprint density at radius 2 is 1.31 bits per heavy atom. The second-order valence-electron chi connectivity index (χ2n) is 18.2. The number of anilines is 2. The van der Waals surface area contributed by atoms with Crippen LogP contribution in [0, 0.1) is 18.8 Å². The number of urea groups is 1. The Morgan fingerprint density at radius 3 is 1.91 bits per heavy atom. The molecule has 1 saturated heterocycles. The normalized spacial score (nSPS) is 15.8. The second kappa shape index (κ2) is 27.8. The molecule has 70 heavy (non-hydrogen) atoms. The average Bonchev–Trinajstić information content (AvgIpc) is 3.78. The van der Waals surface area contributed by atoms with Crippen molar-refractivity contribution in [3.05, 3.63) is 59.7 Å². The number of nitrogens with zero attached hydrogens (tertiary/aromatic N) is 1. The number of carboxylic acid groups (broad SMARTS) is 2. The summed E-state index contributed by atoms with van der Waals surface area (Å²) in [6, 6.07) is 4.59. The zero-order valence-corrected chi connectivity index (χ0v) is 40.9. The van der Waals surface area contributed by atoms with Crippen LogP contribution in [-0.4, -0.2) is 130 Å². The predicted octanol–water partition coefficient (Wildman–Crippen LogP) is 1.51. The molecule has 0 bridgehead atoms. The number of amides is 9. The van der Waals surface area contributed by atoms with E-state index in [0.29, 0.717) is 42.7 Å². The van der Waals surface area contributed by atoms with Crippen molar-refractivity contribution in [3.63, 3.8) is 0 Å². The molecule has 0 aliphatic carbocycles. The second-order valence-corrected chi connectivity index (χ2v) is 18.2. The van der Waals surface area contributed by atoms with Gasteiger partial charge in [-0.3, -0.25) is 38.4 Å². The largest absolute Gasteiger partial charge is 0.481 e. The first-order valence-electron chi connectivity index (χ1n) is 23.5. The van der Waals surface area contributed by atoms with Crippen LogP contribution in [0.5, 0.6) is 0 Å². The van der Waals surface area contributed by atoms with Gasteiger partial charge in [0, 0.05) is 17.9 Å². The van der Waals surface area contributed by atoms with E-state index in [-0.39, 0.29) is 38.1 Å². The van der Waals surface area contributed by atoms with Crippen LogP contribution < -0.4 is 48.3 Å². The summed E-state index contributed by atoms with van der Waals surface area (Å²) in [5.74, 6) is -8.61. The number of rotatable bonds is 26. The maximum atomic E-state index is 14.1. The van der Waals surface area contributed by atoms with Gasteiger partial charge < -0.3 is 63.4 Å². The van der Waals surface area contributed by atoms with Gasteiger partial charge in [0.15, 0.2) is 0 Å². The number of unbranched alkanes of at least 4 members (excludes halogenated alkanes) is 1. The first kappa shape index (κ1) is 57.2. The molecule has 0 spiro atoms. The fraction of sp³-hybridized carbons (Fsp3) is 0.542. The van der Waals surface area contributed by atoms with E-state index in [2.05, 4.69) is 42.5 Å². The van der Waals surface area contributed by atoms with Crippen LogP contribution in [0.2, 0.25) is 0 Å². The van der Waals surface area contributed by atoms with Crippen molar-refractivity contribution in [2.45, 2.75) is 142 Å². The van der Waals surface area contributed by atoms with E-state index in [0.717, 1.165) is 5.56 Å². The third-order valence-corrected chi connectivity index (χ3v) is 11.5. The standard InChI is InChI=1S/C48H70N10O12/c1-26(2)23-35(53-38(59)24-31-17-19-32(20-18-31)52-48(70)56-33-14-9-8-13-28(33)5)43(64)55-36(25-39(60)61)44(65)57-40(27(3)4)46(67)58-22-12-16-37(58)45(66)51-29(6)41(62)50-30(7)42(63)54-34(47(68)69)15-10-11-21-49/h8-9,13-14,17-20,26-27,29-30,34-37,40H,10-12,15-16,21-25,49H2,1-7H3,(H,50,62)(H,51,66)(H,53,59)(H,54,63)(H,55,64)(H,57,65)(H,60,61)(H,68,69)(H2,52,56,70)/t29-,30-,34-,35-,36-,37-,40-/m0/s1. The summed E-state index contributed by atoms with van der Waals surface area (Å²) in [5.41, 5.74) is 8.03. The predicted molar refractivity (Wildman–Crippen MR) is 259 cm³/mol. The van der Waals surface area contributed by atoms with Crippen molar-refractivity contribution >= 4 is 70.7 Å². The molecular formula is C48H70N10O12. The van der Waals surface area contributed by atoms with Crippen molar-refractivity contribution < 1.29 is 58.2 Å². The molecule has 9 amide bonds. The lowest BCUT2D eigenvalue weighted by molar-refractivity contribution is -0.144. The topological polar surface area (TPSA) is 337 Å². The number of carbonyl (C=O) groups excluding carboxylic acids is 8. The van der Waals surface area contributed by atoms with Gasteiger partial charge >= 0.3 is 18.0 Å². The summed E-state index contributed by atoms with van der Waals surface area (Å²) in [6.45, 7) is 11.9. The minimum atomic E-state index is -1.68. The Hall–Kier alpha value is -7.10. The average molecular weight is 979 g/mol. The maximum absolute atomic E-state index is 14.1. The van der Waals surface area contributed by atoms with Gasteiger partial charge in [-0.05, 0) is 107 Å². The van der Waals surface area contributed by atoms with Crippen molar-refractivity contribution in [2.75, 3.05) is 23.7 Å². The number of nitrogens with one attached hydrogen (secondary N) is 8. The number of benzene rings is 2. The van der Waals surface area contributed by atoms with Crippen LogP contribution in [0.3, 0.4) is 0 Å². The summed E-state index contributed by atoms with van der Waals surface area (Å²) in [7, 11) is 0. The molecule has 0 aromatic heterocycles. The first-order valence-corrected chi connectivity index (χ1v) is 23.5. The minimum Gasteiger partial charge on any atom is -0.481 e. The number of aryl methyl sites for hydroxylation is 1. The quantitative estimate of drug-likeness (QED) is 0.0597. The summed E-state index contributed by atoms with van der Waals surface area (Å²) in [5, 5.41) is 39.8. The number of carboxylic acids is 2. The Morgan fingerprint density at radius 1 is 0.700 bits per heavy atom. The van der Waals surface area contributed by atoms with Gasteiger partial charge in [-0.15, -0.1) is 0 Å².